The predicted molar refractivity (Wildman–Crippen MR) is 76.3 cm³/mol. The maximum Gasteiger partial charge on any atom is 0.242 e. The van der Waals surface area contributed by atoms with E-state index >= 15 is 0 Å². The van der Waals surface area contributed by atoms with Crippen molar-refractivity contribution >= 4 is 11.5 Å². The van der Waals surface area contributed by atoms with Gasteiger partial charge in [-0.1, -0.05) is 29.8 Å². The molecule has 1 aromatic carbocycles. The Morgan fingerprint density at radius 3 is 2.53 bits per heavy atom. The van der Waals surface area contributed by atoms with Gasteiger partial charge in [0.1, 0.15) is 12.0 Å². The van der Waals surface area contributed by atoms with Crippen molar-refractivity contribution in [3.05, 3.63) is 41.7 Å². The Hall–Kier alpha value is -2.30. The van der Waals surface area contributed by atoms with Crippen LogP contribution >= 0.6 is 0 Å². The molecule has 2 rings (SSSR count). The summed E-state index contributed by atoms with van der Waals surface area (Å²) in [6, 6.07) is 8.38. The zero-order valence-electron chi connectivity index (χ0n) is 11.4. The Labute approximate surface area is 113 Å². The first-order valence-electron chi connectivity index (χ1n) is 6.03. The van der Waals surface area contributed by atoms with Crippen molar-refractivity contribution in [3.63, 3.8) is 0 Å². The minimum atomic E-state index is 0.403. The molecule has 0 amide bonds. The smallest absolute Gasteiger partial charge is 0.242 e. The Morgan fingerprint density at radius 1 is 1.21 bits per heavy atom. The molecule has 0 bridgehead atoms. The Kier molecular flexibility index (Phi) is 3.85. The number of rotatable bonds is 4. The van der Waals surface area contributed by atoms with Crippen LogP contribution in [0.25, 0.3) is 0 Å². The largest absolute Gasteiger partial charge is 0.479 e. The van der Waals surface area contributed by atoms with Gasteiger partial charge in [0.15, 0.2) is 5.82 Å². The normalized spacial score (nSPS) is 10.3. The molecule has 2 aromatic rings. The summed E-state index contributed by atoms with van der Waals surface area (Å²) in [5, 5.41) is 0. The number of nitrogen functional groups attached to an aromatic ring is 1. The molecule has 0 saturated carbocycles. The molecule has 5 nitrogen and oxygen atoms in total. The number of hydrogen-bond donors (Lipinski definition) is 1. The van der Waals surface area contributed by atoms with Crippen LogP contribution in [0.1, 0.15) is 11.1 Å². The van der Waals surface area contributed by atoms with Gasteiger partial charge in [0.05, 0.1) is 7.11 Å². The predicted octanol–water partition coefficient (Wildman–Crippen LogP) is 2.01. The van der Waals surface area contributed by atoms with Crippen LogP contribution in [0.5, 0.6) is 5.88 Å². The summed E-state index contributed by atoms with van der Waals surface area (Å²) in [5.41, 5.74) is 8.88. The molecule has 0 atom stereocenters. The summed E-state index contributed by atoms with van der Waals surface area (Å²) >= 11 is 0. The van der Waals surface area contributed by atoms with Gasteiger partial charge >= 0.3 is 0 Å². The molecule has 0 fully saturated rings. The number of aryl methyl sites for hydroxylation is 1. The second-order valence-electron chi connectivity index (χ2n) is 4.46. The number of hydrogen-bond acceptors (Lipinski definition) is 5. The summed E-state index contributed by atoms with van der Waals surface area (Å²) < 4.78 is 5.10. The van der Waals surface area contributed by atoms with Gasteiger partial charge in [-0.2, -0.15) is 4.98 Å². The quantitative estimate of drug-likeness (QED) is 0.908. The van der Waals surface area contributed by atoms with Gasteiger partial charge in [0.25, 0.3) is 0 Å². The molecule has 2 N–H and O–H groups in total. The van der Waals surface area contributed by atoms with Crippen molar-refractivity contribution in [2.75, 3.05) is 24.8 Å². The maximum atomic E-state index is 5.98. The average molecular weight is 258 g/mol. The second kappa shape index (κ2) is 5.56. The number of ether oxygens (including phenoxy) is 1. The zero-order valence-corrected chi connectivity index (χ0v) is 11.4. The fourth-order valence-electron chi connectivity index (χ4n) is 1.88. The molecule has 19 heavy (non-hydrogen) atoms. The first kappa shape index (κ1) is 13.1. The van der Waals surface area contributed by atoms with E-state index in [1.807, 2.05) is 11.9 Å². The molecule has 5 heteroatoms. The van der Waals surface area contributed by atoms with E-state index in [1.165, 1.54) is 17.5 Å². The van der Waals surface area contributed by atoms with Gasteiger partial charge < -0.3 is 15.4 Å². The van der Waals surface area contributed by atoms with E-state index in [0.29, 0.717) is 17.4 Å². The molecule has 0 saturated heterocycles. The van der Waals surface area contributed by atoms with E-state index in [9.17, 15) is 0 Å². The number of methoxy groups -OCH3 is 1. The van der Waals surface area contributed by atoms with Gasteiger partial charge in [-0.05, 0) is 12.5 Å². The number of nitrogens with two attached hydrogens (primary N) is 1. The first-order valence-corrected chi connectivity index (χ1v) is 6.03. The molecule has 0 spiro atoms. The lowest BCUT2D eigenvalue weighted by Crippen LogP contribution is -2.19. The number of aromatic nitrogens is 2. The van der Waals surface area contributed by atoms with Crippen LogP contribution in [0.2, 0.25) is 0 Å². The number of anilines is 2. The lowest BCUT2D eigenvalue weighted by atomic mass is 10.1. The second-order valence-corrected chi connectivity index (χ2v) is 4.46. The van der Waals surface area contributed by atoms with Gasteiger partial charge in [-0.15, -0.1) is 0 Å². The van der Waals surface area contributed by atoms with Gasteiger partial charge in [-0.3, -0.25) is 0 Å². The van der Waals surface area contributed by atoms with E-state index in [1.54, 1.807) is 7.11 Å². The van der Waals surface area contributed by atoms with Crippen LogP contribution in [0, 0.1) is 6.92 Å². The Balaban J connectivity index is 2.20. The molecule has 0 aliphatic heterocycles. The lowest BCUT2D eigenvalue weighted by Gasteiger charge is -2.20. The third kappa shape index (κ3) is 2.93. The number of nitrogens with zero attached hydrogens (tertiary/aromatic N) is 3. The monoisotopic (exact) mass is 258 g/mol. The highest BCUT2D eigenvalue weighted by Gasteiger charge is 2.12. The standard InChI is InChI=1S/C14H18N4O/c1-10-4-6-11(7-5-10)8-18(2)13-12(15)14(19-3)17-9-16-13/h4-7,9H,8,15H2,1-3H3. The highest BCUT2D eigenvalue weighted by molar-refractivity contribution is 5.67. The van der Waals surface area contributed by atoms with Gasteiger partial charge in [0, 0.05) is 13.6 Å². The molecule has 1 aromatic heterocycles. The van der Waals surface area contributed by atoms with Crippen LogP contribution < -0.4 is 15.4 Å². The summed E-state index contributed by atoms with van der Waals surface area (Å²) in [6.07, 6.45) is 1.45. The van der Waals surface area contributed by atoms with E-state index in [2.05, 4.69) is 41.2 Å². The summed E-state index contributed by atoms with van der Waals surface area (Å²) in [5.74, 6) is 1.08. The molecule has 0 radical (unpaired) electrons. The molecular weight excluding hydrogens is 240 g/mol. The number of benzene rings is 1. The minimum absolute atomic E-state index is 0.403. The van der Waals surface area contributed by atoms with Crippen molar-refractivity contribution in [3.8, 4) is 5.88 Å². The molecular formula is C14H18N4O. The van der Waals surface area contributed by atoms with Gasteiger partial charge in [-0.25, -0.2) is 4.98 Å². The third-order valence-electron chi connectivity index (χ3n) is 2.92. The van der Waals surface area contributed by atoms with Crippen LogP contribution in [0.15, 0.2) is 30.6 Å². The molecule has 0 aliphatic carbocycles. The maximum absolute atomic E-state index is 5.98. The highest BCUT2D eigenvalue weighted by atomic mass is 16.5. The van der Waals surface area contributed by atoms with Crippen molar-refractivity contribution in [1.82, 2.24) is 9.97 Å². The summed E-state index contributed by atoms with van der Waals surface area (Å²) in [6.45, 7) is 2.80. The Bertz CT molecular complexity index is 554. The van der Waals surface area contributed by atoms with Gasteiger partial charge in [0.2, 0.25) is 5.88 Å². The fraction of sp³-hybridized carbons (Fsp3) is 0.286. The SMILES string of the molecule is COc1ncnc(N(C)Cc2ccc(C)cc2)c1N. The van der Waals surface area contributed by atoms with Crippen LogP contribution in [-0.4, -0.2) is 24.1 Å². The fourth-order valence-corrected chi connectivity index (χ4v) is 1.88. The summed E-state index contributed by atoms with van der Waals surface area (Å²) in [7, 11) is 3.49. The Morgan fingerprint density at radius 2 is 1.89 bits per heavy atom. The topological polar surface area (TPSA) is 64.3 Å². The van der Waals surface area contributed by atoms with Crippen molar-refractivity contribution in [2.24, 2.45) is 0 Å². The average Bonchev–Trinajstić information content (AvgIpc) is 2.41. The minimum Gasteiger partial charge on any atom is -0.479 e. The van der Waals surface area contributed by atoms with E-state index in [4.69, 9.17) is 10.5 Å². The van der Waals surface area contributed by atoms with E-state index in [0.717, 1.165) is 6.54 Å². The summed E-state index contributed by atoms with van der Waals surface area (Å²) in [4.78, 5) is 10.2. The van der Waals surface area contributed by atoms with E-state index < -0.39 is 0 Å². The third-order valence-corrected chi connectivity index (χ3v) is 2.92. The van der Waals surface area contributed by atoms with Crippen molar-refractivity contribution in [1.29, 1.82) is 0 Å². The molecule has 0 unspecified atom stereocenters. The highest BCUT2D eigenvalue weighted by Crippen LogP contribution is 2.27. The zero-order chi connectivity index (χ0) is 13.8. The van der Waals surface area contributed by atoms with Crippen LogP contribution in [0.3, 0.4) is 0 Å². The molecule has 100 valence electrons. The molecule has 0 aliphatic rings. The van der Waals surface area contributed by atoms with Crippen LogP contribution in [0.4, 0.5) is 11.5 Å². The van der Waals surface area contributed by atoms with Crippen molar-refractivity contribution in [2.45, 2.75) is 13.5 Å². The molecule has 1 heterocycles. The first-order chi connectivity index (χ1) is 9.11. The van der Waals surface area contributed by atoms with E-state index in [-0.39, 0.29) is 0 Å². The van der Waals surface area contributed by atoms with Crippen LogP contribution in [-0.2, 0) is 6.54 Å². The van der Waals surface area contributed by atoms with Crippen molar-refractivity contribution < 1.29 is 4.74 Å². The lowest BCUT2D eigenvalue weighted by molar-refractivity contribution is 0.399.